The molecule has 8 heteroatoms. The number of halogens is 2. The summed E-state index contributed by atoms with van der Waals surface area (Å²) in [6.07, 6.45) is 1.67. The number of benzene rings is 2. The van der Waals surface area contributed by atoms with Crippen LogP contribution in [0.4, 0.5) is 5.13 Å². The van der Waals surface area contributed by atoms with Gasteiger partial charge in [0.1, 0.15) is 12.4 Å². The Hall–Kier alpha value is -2.41. The Morgan fingerprint density at radius 1 is 1.19 bits per heavy atom. The van der Waals surface area contributed by atoms with E-state index in [1.54, 1.807) is 24.2 Å². The molecule has 2 aromatic heterocycles. The Balaban J connectivity index is 1.81. The number of carbonyl (C=O) groups is 1. The van der Waals surface area contributed by atoms with E-state index >= 15 is 0 Å². The summed E-state index contributed by atoms with van der Waals surface area (Å²) >= 11 is 14.0. The molecule has 0 aliphatic heterocycles. The number of nitrogens with zero attached hydrogens (tertiary/aromatic N) is 4. The van der Waals surface area contributed by atoms with Crippen molar-refractivity contribution in [2.75, 3.05) is 11.9 Å². The number of amides is 1. The number of hydrogen-bond acceptors (Lipinski definition) is 4. The van der Waals surface area contributed by atoms with E-state index in [4.69, 9.17) is 28.2 Å². The fraction of sp³-hybridized carbons (Fsp3) is 0.105. The second kappa shape index (κ2) is 7.31. The third-order valence-electron chi connectivity index (χ3n) is 4.22. The van der Waals surface area contributed by atoms with Gasteiger partial charge in [0.25, 0.3) is 0 Å². The summed E-state index contributed by atoms with van der Waals surface area (Å²) in [5, 5.41) is 3.34. The number of anilines is 1. The van der Waals surface area contributed by atoms with Crippen LogP contribution in [0.25, 0.3) is 22.4 Å². The van der Waals surface area contributed by atoms with Crippen LogP contribution in [-0.4, -0.2) is 27.5 Å². The van der Waals surface area contributed by atoms with Gasteiger partial charge < -0.3 is 4.57 Å². The number of likely N-dealkylation sites (N-methyl/N-ethyl adjacent to an activating group) is 1. The Bertz CT molecular complexity index is 1120. The number of fused-ring (bicyclic) bond motifs is 1. The van der Waals surface area contributed by atoms with Crippen LogP contribution in [0.3, 0.4) is 0 Å². The van der Waals surface area contributed by atoms with Crippen molar-refractivity contribution in [3.05, 3.63) is 64.1 Å². The van der Waals surface area contributed by atoms with Crippen molar-refractivity contribution in [3.63, 3.8) is 0 Å². The van der Waals surface area contributed by atoms with Crippen molar-refractivity contribution in [1.82, 2.24) is 14.5 Å². The highest BCUT2D eigenvalue weighted by Crippen LogP contribution is 2.34. The predicted molar refractivity (Wildman–Crippen MR) is 111 cm³/mol. The molecule has 0 radical (unpaired) electrons. The van der Waals surface area contributed by atoms with Gasteiger partial charge >= 0.3 is 0 Å². The second-order valence-corrected chi connectivity index (χ2v) is 7.54. The number of imidazole rings is 1. The molecule has 0 atom stereocenters. The maximum atomic E-state index is 12.9. The molecule has 0 N–H and O–H groups in total. The van der Waals surface area contributed by atoms with Gasteiger partial charge in [0.15, 0.2) is 5.13 Å². The Morgan fingerprint density at radius 3 is 2.78 bits per heavy atom. The van der Waals surface area contributed by atoms with Crippen LogP contribution >= 0.6 is 34.5 Å². The van der Waals surface area contributed by atoms with Crippen LogP contribution in [0.15, 0.2) is 54.0 Å². The number of rotatable bonds is 4. The van der Waals surface area contributed by atoms with E-state index in [-0.39, 0.29) is 12.5 Å². The van der Waals surface area contributed by atoms with Gasteiger partial charge in [0, 0.05) is 24.2 Å². The normalized spacial score (nSPS) is 11.1. The molecule has 4 rings (SSSR count). The summed E-state index contributed by atoms with van der Waals surface area (Å²) in [5.41, 5.74) is 2.32. The minimum absolute atomic E-state index is 0.104. The molecular weight excluding hydrogens is 403 g/mol. The molecule has 27 heavy (non-hydrogen) atoms. The fourth-order valence-corrected chi connectivity index (χ4v) is 3.86. The van der Waals surface area contributed by atoms with Crippen LogP contribution in [0.2, 0.25) is 10.0 Å². The molecule has 4 aromatic rings. The topological polar surface area (TPSA) is 51.0 Å². The largest absolute Gasteiger partial charge is 0.314 e. The summed E-state index contributed by atoms with van der Waals surface area (Å²) in [4.78, 5) is 23.3. The highest BCUT2D eigenvalue weighted by Gasteiger charge is 2.20. The Labute approximate surface area is 169 Å². The first-order chi connectivity index (χ1) is 13.1. The molecule has 0 saturated heterocycles. The summed E-state index contributed by atoms with van der Waals surface area (Å²) in [6, 6.07) is 13.1. The molecule has 5 nitrogen and oxygen atoms in total. The standard InChI is InChI=1S/C19H14Cl2N4OS/c1-24(19-22-9-10-27-19)16(26)11-25-15-8-3-2-7-14(15)23-18(25)12-5-4-6-13(20)17(12)21/h2-10H,11H2,1H3. The molecule has 1 amide bonds. The summed E-state index contributed by atoms with van der Waals surface area (Å²) < 4.78 is 1.86. The highest BCUT2D eigenvalue weighted by molar-refractivity contribution is 7.13. The number of hydrogen-bond donors (Lipinski definition) is 0. The van der Waals surface area contributed by atoms with Crippen molar-refractivity contribution >= 4 is 56.6 Å². The number of carbonyl (C=O) groups excluding carboxylic acids is 1. The first-order valence-corrected chi connectivity index (χ1v) is 9.75. The van der Waals surface area contributed by atoms with E-state index in [9.17, 15) is 4.79 Å². The van der Waals surface area contributed by atoms with Gasteiger partial charge in [-0.25, -0.2) is 9.97 Å². The number of aromatic nitrogens is 3. The van der Waals surface area contributed by atoms with Crippen molar-refractivity contribution in [2.24, 2.45) is 0 Å². The number of thiazole rings is 1. The lowest BCUT2D eigenvalue weighted by atomic mass is 10.2. The van der Waals surface area contributed by atoms with E-state index in [0.717, 1.165) is 11.0 Å². The van der Waals surface area contributed by atoms with E-state index in [1.165, 1.54) is 11.3 Å². The Kier molecular flexibility index (Phi) is 4.86. The third-order valence-corrected chi connectivity index (χ3v) is 5.89. The zero-order valence-electron chi connectivity index (χ0n) is 14.3. The highest BCUT2D eigenvalue weighted by atomic mass is 35.5. The van der Waals surface area contributed by atoms with Crippen LogP contribution in [0.1, 0.15) is 0 Å². The molecule has 0 saturated carbocycles. The van der Waals surface area contributed by atoms with Gasteiger partial charge in [-0.3, -0.25) is 9.69 Å². The summed E-state index contributed by atoms with van der Waals surface area (Å²) in [5.74, 6) is 0.497. The van der Waals surface area contributed by atoms with Crippen molar-refractivity contribution in [3.8, 4) is 11.4 Å². The first-order valence-electron chi connectivity index (χ1n) is 8.12. The molecule has 0 aliphatic carbocycles. The minimum Gasteiger partial charge on any atom is -0.314 e. The van der Waals surface area contributed by atoms with E-state index < -0.39 is 0 Å². The molecule has 0 fully saturated rings. The lowest BCUT2D eigenvalue weighted by Gasteiger charge is -2.16. The maximum absolute atomic E-state index is 12.9. The summed E-state index contributed by atoms with van der Waals surface area (Å²) in [7, 11) is 1.71. The molecule has 2 aromatic carbocycles. The molecule has 0 spiro atoms. The SMILES string of the molecule is CN(C(=O)Cn1c(-c2cccc(Cl)c2Cl)nc2ccccc21)c1nccs1. The van der Waals surface area contributed by atoms with Gasteiger partial charge in [-0.1, -0.05) is 41.4 Å². The van der Waals surface area contributed by atoms with Crippen LogP contribution in [0, 0.1) is 0 Å². The van der Waals surface area contributed by atoms with Crippen molar-refractivity contribution in [2.45, 2.75) is 6.54 Å². The Morgan fingerprint density at radius 2 is 2.00 bits per heavy atom. The second-order valence-electron chi connectivity index (χ2n) is 5.88. The van der Waals surface area contributed by atoms with Gasteiger partial charge in [-0.2, -0.15) is 0 Å². The predicted octanol–water partition coefficient (Wildman–Crippen LogP) is 5.13. The van der Waals surface area contributed by atoms with Crippen LogP contribution in [0.5, 0.6) is 0 Å². The van der Waals surface area contributed by atoms with E-state index in [1.807, 2.05) is 46.3 Å². The average Bonchev–Trinajstić information content (AvgIpc) is 3.32. The van der Waals surface area contributed by atoms with Crippen molar-refractivity contribution in [1.29, 1.82) is 0 Å². The lowest BCUT2D eigenvalue weighted by molar-refractivity contribution is -0.118. The quantitative estimate of drug-likeness (QED) is 0.463. The van der Waals surface area contributed by atoms with Gasteiger partial charge in [0.2, 0.25) is 5.91 Å². The molecule has 2 heterocycles. The number of para-hydroxylation sites is 2. The van der Waals surface area contributed by atoms with Gasteiger partial charge in [0.05, 0.1) is 21.1 Å². The summed E-state index contributed by atoms with van der Waals surface area (Å²) in [6.45, 7) is 0.106. The van der Waals surface area contributed by atoms with Gasteiger partial charge in [-0.05, 0) is 24.3 Å². The zero-order chi connectivity index (χ0) is 19.0. The smallest absolute Gasteiger partial charge is 0.248 e. The van der Waals surface area contributed by atoms with Crippen LogP contribution in [-0.2, 0) is 11.3 Å². The average molecular weight is 417 g/mol. The minimum atomic E-state index is -0.104. The first kappa shape index (κ1) is 18.0. The van der Waals surface area contributed by atoms with Crippen molar-refractivity contribution < 1.29 is 4.79 Å². The van der Waals surface area contributed by atoms with E-state index in [0.29, 0.717) is 26.6 Å². The van der Waals surface area contributed by atoms with Crippen LogP contribution < -0.4 is 4.90 Å². The van der Waals surface area contributed by atoms with Gasteiger partial charge in [-0.15, -0.1) is 11.3 Å². The molecule has 0 unspecified atom stereocenters. The molecule has 0 aliphatic rings. The lowest BCUT2D eigenvalue weighted by Crippen LogP contribution is -2.30. The third kappa shape index (κ3) is 3.32. The monoisotopic (exact) mass is 416 g/mol. The molecular formula is C19H14Cl2N4OS. The molecule has 0 bridgehead atoms. The van der Waals surface area contributed by atoms with E-state index in [2.05, 4.69) is 4.98 Å². The molecule has 136 valence electrons. The zero-order valence-corrected chi connectivity index (χ0v) is 16.6. The maximum Gasteiger partial charge on any atom is 0.248 e. The fourth-order valence-electron chi connectivity index (χ4n) is 2.85.